The minimum Gasteiger partial charge on any atom is -0.326 e. The molecule has 0 aliphatic carbocycles. The van der Waals surface area contributed by atoms with E-state index in [-0.39, 0.29) is 17.7 Å². The first-order valence-electron chi connectivity index (χ1n) is 9.68. The Balaban J connectivity index is 2.00. The number of amides is 2. The fourth-order valence-corrected chi connectivity index (χ4v) is 2.94. The van der Waals surface area contributed by atoms with Gasteiger partial charge < -0.3 is 10.6 Å². The number of hydrogen-bond acceptors (Lipinski definition) is 2. The van der Waals surface area contributed by atoms with Crippen LogP contribution in [-0.2, 0) is 16.0 Å². The lowest BCUT2D eigenvalue weighted by atomic mass is 9.96. The van der Waals surface area contributed by atoms with Crippen molar-refractivity contribution in [2.75, 3.05) is 10.6 Å². The Bertz CT molecular complexity index is 766. The largest absolute Gasteiger partial charge is 0.326 e. The van der Waals surface area contributed by atoms with Gasteiger partial charge in [0.05, 0.1) is 5.92 Å². The molecule has 1 atom stereocenters. The molecule has 0 aliphatic rings. The van der Waals surface area contributed by atoms with Gasteiger partial charge in [-0.1, -0.05) is 51.1 Å². The molecule has 0 aromatic heterocycles. The van der Waals surface area contributed by atoms with Crippen LogP contribution in [0.1, 0.15) is 57.6 Å². The maximum atomic E-state index is 12.6. The van der Waals surface area contributed by atoms with Crippen LogP contribution in [0.25, 0.3) is 0 Å². The van der Waals surface area contributed by atoms with Crippen molar-refractivity contribution in [3.8, 4) is 0 Å². The molecule has 4 heteroatoms. The van der Waals surface area contributed by atoms with Gasteiger partial charge in [-0.2, -0.15) is 0 Å². The third-order valence-corrected chi connectivity index (χ3v) is 4.41. The van der Waals surface area contributed by atoms with Crippen LogP contribution in [0.15, 0.2) is 48.5 Å². The van der Waals surface area contributed by atoms with Crippen molar-refractivity contribution in [3.05, 3.63) is 59.7 Å². The molecule has 2 N–H and O–H groups in total. The van der Waals surface area contributed by atoms with Crippen molar-refractivity contribution in [1.29, 1.82) is 0 Å². The smallest absolute Gasteiger partial charge is 0.231 e. The van der Waals surface area contributed by atoms with Crippen LogP contribution in [0.4, 0.5) is 11.4 Å². The van der Waals surface area contributed by atoms with Gasteiger partial charge in [0.15, 0.2) is 0 Å². The summed E-state index contributed by atoms with van der Waals surface area (Å²) >= 11 is 0. The molecular weight excluding hydrogens is 336 g/mol. The molecule has 0 spiro atoms. The van der Waals surface area contributed by atoms with Gasteiger partial charge in [0, 0.05) is 17.8 Å². The molecule has 0 aliphatic heterocycles. The van der Waals surface area contributed by atoms with Crippen LogP contribution in [0.5, 0.6) is 0 Å². The highest BCUT2D eigenvalue weighted by Gasteiger charge is 2.15. The van der Waals surface area contributed by atoms with Crippen molar-refractivity contribution in [1.82, 2.24) is 0 Å². The van der Waals surface area contributed by atoms with E-state index in [4.69, 9.17) is 0 Å². The summed E-state index contributed by atoms with van der Waals surface area (Å²) in [6.45, 7) is 8.26. The van der Waals surface area contributed by atoms with E-state index in [0.29, 0.717) is 23.7 Å². The Labute approximate surface area is 162 Å². The number of benzene rings is 2. The van der Waals surface area contributed by atoms with E-state index < -0.39 is 0 Å². The zero-order valence-electron chi connectivity index (χ0n) is 16.7. The Kier molecular flexibility index (Phi) is 7.59. The third-order valence-electron chi connectivity index (χ3n) is 4.41. The van der Waals surface area contributed by atoms with Crippen LogP contribution in [0.3, 0.4) is 0 Å². The van der Waals surface area contributed by atoms with E-state index in [2.05, 4.69) is 36.6 Å². The van der Waals surface area contributed by atoms with E-state index in [1.165, 1.54) is 5.56 Å². The molecule has 4 nitrogen and oxygen atoms in total. The van der Waals surface area contributed by atoms with Crippen molar-refractivity contribution in [3.63, 3.8) is 0 Å². The van der Waals surface area contributed by atoms with Crippen molar-refractivity contribution in [2.45, 2.75) is 52.9 Å². The van der Waals surface area contributed by atoms with E-state index in [0.717, 1.165) is 18.4 Å². The van der Waals surface area contributed by atoms with Crippen LogP contribution in [0, 0.1) is 5.92 Å². The van der Waals surface area contributed by atoms with Gasteiger partial charge >= 0.3 is 0 Å². The first kappa shape index (κ1) is 20.7. The number of nitrogens with one attached hydrogen (secondary N) is 2. The summed E-state index contributed by atoms with van der Waals surface area (Å²) in [5.74, 6) is 0.276. The fourth-order valence-electron chi connectivity index (χ4n) is 2.94. The summed E-state index contributed by atoms with van der Waals surface area (Å²) in [6, 6.07) is 15.5. The lowest BCUT2D eigenvalue weighted by Gasteiger charge is -2.14. The minimum absolute atomic E-state index is 0.0177. The van der Waals surface area contributed by atoms with E-state index in [1.54, 1.807) is 6.07 Å². The predicted octanol–water partition coefficient (Wildman–Crippen LogP) is 5.37. The van der Waals surface area contributed by atoms with Crippen molar-refractivity contribution < 1.29 is 9.59 Å². The summed E-state index contributed by atoms with van der Waals surface area (Å²) in [5, 5.41) is 5.79. The molecule has 144 valence electrons. The molecule has 0 heterocycles. The van der Waals surface area contributed by atoms with Crippen LogP contribution < -0.4 is 10.6 Å². The second-order valence-corrected chi connectivity index (χ2v) is 7.43. The molecule has 0 saturated carbocycles. The maximum absolute atomic E-state index is 12.6. The molecule has 27 heavy (non-hydrogen) atoms. The SMILES string of the molecule is CCCC(=O)Nc1cccc(NC(=O)C(C)c2ccc(CC(C)C)cc2)c1. The first-order valence-corrected chi connectivity index (χ1v) is 9.68. The second kappa shape index (κ2) is 9.91. The number of carbonyl (C=O) groups is 2. The van der Waals surface area contributed by atoms with Gasteiger partial charge in [0.25, 0.3) is 0 Å². The summed E-state index contributed by atoms with van der Waals surface area (Å²) in [7, 11) is 0. The minimum atomic E-state index is -0.253. The van der Waals surface area contributed by atoms with E-state index in [1.807, 2.05) is 44.2 Å². The molecule has 1 unspecified atom stereocenters. The number of carbonyl (C=O) groups excluding carboxylic acids is 2. The monoisotopic (exact) mass is 366 g/mol. The first-order chi connectivity index (χ1) is 12.9. The van der Waals surface area contributed by atoms with E-state index >= 15 is 0 Å². The lowest BCUT2D eigenvalue weighted by Crippen LogP contribution is -2.19. The van der Waals surface area contributed by atoms with E-state index in [9.17, 15) is 9.59 Å². The average Bonchev–Trinajstić information content (AvgIpc) is 2.61. The predicted molar refractivity (Wildman–Crippen MR) is 112 cm³/mol. The Morgan fingerprint density at radius 3 is 2.15 bits per heavy atom. The second-order valence-electron chi connectivity index (χ2n) is 7.43. The highest BCUT2D eigenvalue weighted by molar-refractivity contribution is 5.97. The summed E-state index contributed by atoms with van der Waals surface area (Å²) in [5.41, 5.74) is 3.65. The Hall–Kier alpha value is -2.62. The van der Waals surface area contributed by atoms with Gasteiger partial charge in [-0.05, 0) is 55.0 Å². The molecule has 2 amide bonds. The molecular formula is C23H30N2O2. The maximum Gasteiger partial charge on any atom is 0.231 e. The molecule has 2 rings (SSSR count). The van der Waals surface area contributed by atoms with Gasteiger partial charge in [-0.15, -0.1) is 0 Å². The van der Waals surface area contributed by atoms with Gasteiger partial charge in [-0.25, -0.2) is 0 Å². The number of rotatable bonds is 8. The normalized spacial score (nSPS) is 11.9. The third kappa shape index (κ3) is 6.55. The van der Waals surface area contributed by atoms with Crippen molar-refractivity contribution >= 4 is 23.2 Å². The zero-order chi connectivity index (χ0) is 19.8. The molecule has 2 aromatic rings. The fraction of sp³-hybridized carbons (Fsp3) is 0.391. The highest BCUT2D eigenvalue weighted by Crippen LogP contribution is 2.21. The molecule has 2 aromatic carbocycles. The summed E-state index contributed by atoms with van der Waals surface area (Å²) < 4.78 is 0. The lowest BCUT2D eigenvalue weighted by molar-refractivity contribution is -0.117. The van der Waals surface area contributed by atoms with Crippen LogP contribution in [0.2, 0.25) is 0 Å². The molecule has 0 radical (unpaired) electrons. The summed E-state index contributed by atoms with van der Waals surface area (Å²) in [4.78, 5) is 24.3. The zero-order valence-corrected chi connectivity index (χ0v) is 16.7. The number of hydrogen-bond donors (Lipinski definition) is 2. The molecule has 0 bridgehead atoms. The van der Waals surface area contributed by atoms with Crippen LogP contribution in [-0.4, -0.2) is 11.8 Å². The topological polar surface area (TPSA) is 58.2 Å². The molecule has 0 saturated heterocycles. The standard InChI is InChI=1S/C23H30N2O2/c1-5-7-22(26)24-20-8-6-9-21(15-20)25-23(27)17(4)19-12-10-18(11-13-19)14-16(2)3/h6,8-13,15-17H,5,7,14H2,1-4H3,(H,24,26)(H,25,27). The number of anilines is 2. The quantitative estimate of drug-likeness (QED) is 0.660. The Morgan fingerprint density at radius 2 is 1.56 bits per heavy atom. The van der Waals surface area contributed by atoms with Gasteiger partial charge in [0.1, 0.15) is 0 Å². The average molecular weight is 367 g/mol. The van der Waals surface area contributed by atoms with Crippen molar-refractivity contribution in [2.24, 2.45) is 5.92 Å². The molecule has 0 fully saturated rings. The van der Waals surface area contributed by atoms with Gasteiger partial charge in [0.2, 0.25) is 11.8 Å². The Morgan fingerprint density at radius 1 is 0.926 bits per heavy atom. The van der Waals surface area contributed by atoms with Gasteiger partial charge in [-0.3, -0.25) is 9.59 Å². The summed E-state index contributed by atoms with van der Waals surface area (Å²) in [6.07, 6.45) is 2.33. The van der Waals surface area contributed by atoms with Crippen LogP contribution >= 0.6 is 0 Å². The highest BCUT2D eigenvalue weighted by atomic mass is 16.2.